The number of nitrogens with zero attached hydrogens (tertiary/aromatic N) is 1. The molecule has 2 heterocycles. The molecule has 2 aliphatic heterocycles. The lowest BCUT2D eigenvalue weighted by atomic mass is 10.0. The molecule has 0 aromatic heterocycles. The van der Waals surface area contributed by atoms with E-state index in [-0.39, 0.29) is 0 Å². The minimum atomic E-state index is 0.598. The Labute approximate surface area is 86.8 Å². The van der Waals surface area contributed by atoms with E-state index in [1.165, 1.54) is 26.2 Å². The molecule has 3 nitrogen and oxygen atoms in total. The molecule has 2 fully saturated rings. The van der Waals surface area contributed by atoms with E-state index < -0.39 is 0 Å². The Morgan fingerprint density at radius 2 is 2.00 bits per heavy atom. The van der Waals surface area contributed by atoms with Gasteiger partial charge in [-0.3, -0.25) is 4.90 Å². The third-order valence-electron chi connectivity index (χ3n) is 3.60. The summed E-state index contributed by atoms with van der Waals surface area (Å²) in [5, 5.41) is 3.47. The third-order valence-corrected chi connectivity index (χ3v) is 3.60. The lowest BCUT2D eigenvalue weighted by molar-refractivity contribution is 0.0812. The largest absolute Gasteiger partial charge is 0.380 e. The van der Waals surface area contributed by atoms with Gasteiger partial charge in [-0.15, -0.1) is 0 Å². The molecule has 0 aromatic carbocycles. The fourth-order valence-corrected chi connectivity index (χ4v) is 2.65. The highest BCUT2D eigenvalue weighted by Crippen LogP contribution is 2.27. The standard InChI is InChI=1S/C11H22N2O/c1-3-14-8-9(2)13-6-10-4-12-5-11(10)7-13/h9-12H,3-8H2,1-2H3. The summed E-state index contributed by atoms with van der Waals surface area (Å²) < 4.78 is 5.47. The van der Waals surface area contributed by atoms with E-state index in [4.69, 9.17) is 4.74 Å². The molecule has 0 aliphatic carbocycles. The summed E-state index contributed by atoms with van der Waals surface area (Å²) in [5.41, 5.74) is 0. The molecule has 0 spiro atoms. The van der Waals surface area contributed by atoms with Crippen molar-refractivity contribution in [2.24, 2.45) is 11.8 Å². The van der Waals surface area contributed by atoms with Crippen LogP contribution in [0.3, 0.4) is 0 Å². The van der Waals surface area contributed by atoms with Gasteiger partial charge in [0.05, 0.1) is 6.61 Å². The highest BCUT2D eigenvalue weighted by atomic mass is 16.5. The van der Waals surface area contributed by atoms with Crippen LogP contribution in [-0.2, 0) is 4.74 Å². The van der Waals surface area contributed by atoms with Crippen LogP contribution in [0.2, 0.25) is 0 Å². The normalized spacial score (nSPS) is 34.7. The summed E-state index contributed by atoms with van der Waals surface area (Å²) in [7, 11) is 0. The van der Waals surface area contributed by atoms with Crippen molar-refractivity contribution in [2.75, 3.05) is 39.4 Å². The molecule has 0 amide bonds. The van der Waals surface area contributed by atoms with Crippen molar-refractivity contribution in [3.8, 4) is 0 Å². The van der Waals surface area contributed by atoms with Gasteiger partial charge in [-0.2, -0.15) is 0 Å². The monoisotopic (exact) mass is 198 g/mol. The van der Waals surface area contributed by atoms with Crippen molar-refractivity contribution in [3.05, 3.63) is 0 Å². The van der Waals surface area contributed by atoms with Gasteiger partial charge in [0, 0.05) is 25.7 Å². The van der Waals surface area contributed by atoms with Crippen molar-refractivity contribution >= 4 is 0 Å². The molecule has 14 heavy (non-hydrogen) atoms. The molecule has 0 aromatic rings. The van der Waals surface area contributed by atoms with Gasteiger partial charge in [0.25, 0.3) is 0 Å². The number of likely N-dealkylation sites (tertiary alicyclic amines) is 1. The maximum atomic E-state index is 5.47. The number of hydrogen-bond donors (Lipinski definition) is 1. The van der Waals surface area contributed by atoms with E-state index >= 15 is 0 Å². The maximum absolute atomic E-state index is 5.47. The van der Waals surface area contributed by atoms with Crippen LogP contribution >= 0.6 is 0 Å². The molecule has 2 aliphatic rings. The van der Waals surface area contributed by atoms with Crippen molar-refractivity contribution in [1.82, 2.24) is 10.2 Å². The van der Waals surface area contributed by atoms with Crippen LogP contribution in [0.4, 0.5) is 0 Å². The minimum Gasteiger partial charge on any atom is -0.380 e. The highest BCUT2D eigenvalue weighted by Gasteiger charge is 2.37. The first-order valence-corrected chi connectivity index (χ1v) is 5.83. The Morgan fingerprint density at radius 3 is 2.57 bits per heavy atom. The van der Waals surface area contributed by atoms with E-state index in [1.54, 1.807) is 0 Å². The maximum Gasteiger partial charge on any atom is 0.0618 e. The van der Waals surface area contributed by atoms with Gasteiger partial charge in [0.1, 0.15) is 0 Å². The van der Waals surface area contributed by atoms with Gasteiger partial charge in [0.2, 0.25) is 0 Å². The number of ether oxygens (including phenoxy) is 1. The van der Waals surface area contributed by atoms with Crippen molar-refractivity contribution in [2.45, 2.75) is 19.9 Å². The first kappa shape index (κ1) is 10.4. The number of rotatable bonds is 4. The second-order valence-corrected chi connectivity index (χ2v) is 4.64. The lowest BCUT2D eigenvalue weighted by Gasteiger charge is -2.24. The summed E-state index contributed by atoms with van der Waals surface area (Å²) in [5.74, 6) is 1.80. The van der Waals surface area contributed by atoms with Gasteiger partial charge in [-0.05, 0) is 38.8 Å². The number of nitrogens with one attached hydrogen (secondary N) is 1. The summed E-state index contributed by atoms with van der Waals surface area (Å²) in [6.45, 7) is 11.1. The number of hydrogen-bond acceptors (Lipinski definition) is 3. The fraction of sp³-hybridized carbons (Fsp3) is 1.00. The zero-order chi connectivity index (χ0) is 9.97. The Kier molecular flexibility index (Phi) is 3.42. The molecular weight excluding hydrogens is 176 g/mol. The molecule has 0 bridgehead atoms. The van der Waals surface area contributed by atoms with Crippen LogP contribution in [0.5, 0.6) is 0 Å². The molecule has 1 N–H and O–H groups in total. The molecule has 3 heteroatoms. The minimum absolute atomic E-state index is 0.598. The summed E-state index contributed by atoms with van der Waals surface area (Å²) >= 11 is 0. The van der Waals surface area contributed by atoms with Gasteiger partial charge in [0.15, 0.2) is 0 Å². The zero-order valence-electron chi connectivity index (χ0n) is 9.33. The van der Waals surface area contributed by atoms with Gasteiger partial charge < -0.3 is 10.1 Å². The molecule has 2 saturated heterocycles. The molecule has 0 saturated carbocycles. The first-order valence-electron chi connectivity index (χ1n) is 5.83. The average molecular weight is 198 g/mol. The Bertz CT molecular complexity index is 174. The van der Waals surface area contributed by atoms with Crippen LogP contribution in [0.1, 0.15) is 13.8 Å². The second-order valence-electron chi connectivity index (χ2n) is 4.64. The molecule has 3 unspecified atom stereocenters. The average Bonchev–Trinajstić information content (AvgIpc) is 2.72. The molecule has 0 radical (unpaired) electrons. The van der Waals surface area contributed by atoms with Crippen LogP contribution in [0.25, 0.3) is 0 Å². The topological polar surface area (TPSA) is 24.5 Å². The van der Waals surface area contributed by atoms with Gasteiger partial charge in [-0.1, -0.05) is 0 Å². The van der Waals surface area contributed by atoms with Crippen LogP contribution < -0.4 is 5.32 Å². The van der Waals surface area contributed by atoms with Crippen molar-refractivity contribution in [1.29, 1.82) is 0 Å². The zero-order valence-corrected chi connectivity index (χ0v) is 9.33. The first-order chi connectivity index (χ1) is 6.81. The predicted octanol–water partition coefficient (Wildman–Crippen LogP) is 0.563. The quantitative estimate of drug-likeness (QED) is 0.714. The SMILES string of the molecule is CCOCC(C)N1CC2CNCC2C1. The highest BCUT2D eigenvalue weighted by molar-refractivity contribution is 4.92. The van der Waals surface area contributed by atoms with E-state index in [1.807, 2.05) is 0 Å². The molecule has 3 atom stereocenters. The van der Waals surface area contributed by atoms with Crippen molar-refractivity contribution in [3.63, 3.8) is 0 Å². The Balaban J connectivity index is 1.77. The Hall–Kier alpha value is -0.120. The molecule has 82 valence electrons. The summed E-state index contributed by atoms with van der Waals surface area (Å²) in [4.78, 5) is 2.59. The van der Waals surface area contributed by atoms with Gasteiger partial charge >= 0.3 is 0 Å². The van der Waals surface area contributed by atoms with Crippen LogP contribution in [0.15, 0.2) is 0 Å². The second kappa shape index (κ2) is 4.60. The summed E-state index contributed by atoms with van der Waals surface area (Å²) in [6.07, 6.45) is 0. The smallest absolute Gasteiger partial charge is 0.0618 e. The van der Waals surface area contributed by atoms with Crippen LogP contribution in [0, 0.1) is 11.8 Å². The van der Waals surface area contributed by atoms with E-state index in [9.17, 15) is 0 Å². The van der Waals surface area contributed by atoms with E-state index in [2.05, 4.69) is 24.1 Å². The molecular formula is C11H22N2O. The van der Waals surface area contributed by atoms with E-state index in [0.717, 1.165) is 25.0 Å². The fourth-order valence-electron chi connectivity index (χ4n) is 2.65. The van der Waals surface area contributed by atoms with E-state index in [0.29, 0.717) is 6.04 Å². The number of fused-ring (bicyclic) bond motifs is 1. The predicted molar refractivity (Wildman–Crippen MR) is 57.4 cm³/mol. The third kappa shape index (κ3) is 2.10. The Morgan fingerprint density at radius 1 is 1.36 bits per heavy atom. The van der Waals surface area contributed by atoms with Gasteiger partial charge in [-0.25, -0.2) is 0 Å². The van der Waals surface area contributed by atoms with Crippen molar-refractivity contribution < 1.29 is 4.74 Å². The lowest BCUT2D eigenvalue weighted by Crippen LogP contribution is -2.36. The summed E-state index contributed by atoms with van der Waals surface area (Å²) in [6, 6.07) is 0.598. The molecule has 2 rings (SSSR count). The van der Waals surface area contributed by atoms with Crippen LogP contribution in [-0.4, -0.2) is 50.3 Å².